The summed E-state index contributed by atoms with van der Waals surface area (Å²) in [5, 5.41) is 2.62. The minimum atomic E-state index is 0. The smallest absolute Gasteiger partial charge is 0.00258 e. The molecular formula is C98H182. The van der Waals surface area contributed by atoms with Crippen molar-refractivity contribution in [1.82, 2.24) is 0 Å². The molecule has 0 nitrogen and oxygen atoms in total. The third-order valence-electron chi connectivity index (χ3n) is 11.7. The average Bonchev–Trinajstić information content (AvgIpc) is 1.64. The first-order valence-electron chi connectivity index (χ1n) is 40.8. The second-order valence-electron chi connectivity index (χ2n) is 18.9. The Bertz CT molecular complexity index is 1960. The van der Waals surface area contributed by atoms with Crippen LogP contribution in [0.1, 0.15) is 385 Å². The van der Waals surface area contributed by atoms with Gasteiger partial charge < -0.3 is 0 Å². The molecule has 3 fully saturated rings. The predicted octanol–water partition coefficient (Wildman–Crippen LogP) is 36.6. The van der Waals surface area contributed by atoms with Crippen LogP contribution in [0.5, 0.6) is 0 Å². The standard InChI is InChI=1S/C13H12.C10H8.C9H8.2C8H10.3C5H10.3C3H8.12C2H6.2CH4/c1-3-7-12(8-4-1)11-13-9-5-2-6-10-13;1-2-6-10-8-4-3-7-9(10)5-1;1-2-5-9-7-3-6-8(9)4-1;2*1-2-8-6-4-3-5-7-8;3*1-2-4-5-3-1;3*1-3-2;12*1-2;;/h1-10H,11H2;1-8H;1-6H,7H2;2*3-7H,2H2,1H3;3*1-5H2;3*3H2,1-2H3;12*1-2H3;2*1H4. The highest BCUT2D eigenvalue weighted by atomic mass is 14.1. The second kappa shape index (κ2) is 135. The van der Waals surface area contributed by atoms with Gasteiger partial charge in [0.15, 0.2) is 0 Å². The summed E-state index contributed by atoms with van der Waals surface area (Å²) in [7, 11) is 0. The van der Waals surface area contributed by atoms with E-state index in [0.29, 0.717) is 0 Å². The number of fused-ring (bicyclic) bond motifs is 2. The van der Waals surface area contributed by atoms with Crippen molar-refractivity contribution in [2.24, 2.45) is 0 Å². The largest absolute Gasteiger partial charge is 0.0795 e. The molecule has 0 N–H and O–H groups in total. The van der Waals surface area contributed by atoms with E-state index in [9.17, 15) is 0 Å². The van der Waals surface area contributed by atoms with Gasteiger partial charge in [0.05, 0.1) is 0 Å². The van der Waals surface area contributed by atoms with Gasteiger partial charge in [-0.2, -0.15) is 0 Å². The van der Waals surface area contributed by atoms with Gasteiger partial charge in [0.2, 0.25) is 0 Å². The van der Waals surface area contributed by atoms with E-state index >= 15 is 0 Å². The quantitative estimate of drug-likeness (QED) is 0.165. The van der Waals surface area contributed by atoms with Crippen LogP contribution in [0.15, 0.2) is 200 Å². The lowest BCUT2D eigenvalue weighted by atomic mass is 10.1. The maximum Gasteiger partial charge on any atom is -0.00258 e. The Kier molecular flexibility index (Phi) is 173. The molecule has 4 aliphatic rings. The van der Waals surface area contributed by atoms with Gasteiger partial charge in [-0.15, -0.1) is 0 Å². The van der Waals surface area contributed by atoms with Crippen molar-refractivity contribution in [2.75, 3.05) is 0 Å². The zero-order valence-corrected chi connectivity index (χ0v) is 71.2. The van der Waals surface area contributed by atoms with Crippen molar-refractivity contribution in [3.8, 4) is 0 Å². The zero-order valence-electron chi connectivity index (χ0n) is 71.2. The summed E-state index contributed by atoms with van der Waals surface area (Å²) in [6.45, 7) is 65.1. The molecule has 574 valence electrons. The van der Waals surface area contributed by atoms with Crippen molar-refractivity contribution < 1.29 is 0 Å². The number of allylic oxidation sites excluding steroid dienone is 1. The lowest BCUT2D eigenvalue weighted by Gasteiger charge is -2.00. The van der Waals surface area contributed by atoms with E-state index in [1.807, 2.05) is 178 Å². The molecule has 7 aromatic carbocycles. The summed E-state index contributed by atoms with van der Waals surface area (Å²) in [4.78, 5) is 0. The van der Waals surface area contributed by atoms with E-state index in [1.54, 1.807) is 0 Å². The van der Waals surface area contributed by atoms with Crippen LogP contribution in [0.3, 0.4) is 0 Å². The van der Waals surface area contributed by atoms with Crippen LogP contribution in [0.25, 0.3) is 16.8 Å². The van der Waals surface area contributed by atoms with Gasteiger partial charge in [-0.1, -0.05) is 558 Å². The van der Waals surface area contributed by atoms with Gasteiger partial charge in [0.25, 0.3) is 0 Å². The summed E-state index contributed by atoms with van der Waals surface area (Å²) in [5.41, 5.74) is 8.40. The number of hydrogen-bond donors (Lipinski definition) is 0. The van der Waals surface area contributed by atoms with E-state index in [2.05, 4.69) is 250 Å². The molecule has 0 heteroatoms. The minimum Gasteiger partial charge on any atom is -0.0795 e. The molecule has 0 aromatic heterocycles. The molecule has 3 saturated carbocycles. The summed E-state index contributed by atoms with van der Waals surface area (Å²) >= 11 is 0. The molecule has 4 aliphatic carbocycles. The first-order valence-corrected chi connectivity index (χ1v) is 40.8. The van der Waals surface area contributed by atoms with Crippen LogP contribution in [0.4, 0.5) is 0 Å². The number of hydrogen-bond acceptors (Lipinski definition) is 0. The minimum absolute atomic E-state index is 0. The van der Waals surface area contributed by atoms with E-state index in [-0.39, 0.29) is 14.9 Å². The maximum absolute atomic E-state index is 2.20. The fraction of sp³-hybridized carbons (Fsp3) is 0.571. The molecule has 0 heterocycles. The number of benzene rings is 7. The van der Waals surface area contributed by atoms with Crippen LogP contribution in [0.2, 0.25) is 0 Å². The number of rotatable bonds is 4. The van der Waals surface area contributed by atoms with Crippen LogP contribution >= 0.6 is 0 Å². The summed E-state index contributed by atoms with van der Waals surface area (Å²) in [6.07, 6.45) is 35.1. The fourth-order valence-corrected chi connectivity index (χ4v) is 7.83. The van der Waals surface area contributed by atoms with E-state index in [1.165, 1.54) is 160 Å². The monoisotopic (exact) mass is 1360 g/mol. The summed E-state index contributed by atoms with van der Waals surface area (Å²) in [5.74, 6) is 0. The number of aryl methyl sites for hydroxylation is 2. The van der Waals surface area contributed by atoms with Gasteiger partial charge in [-0.25, -0.2) is 0 Å². The average molecular weight is 1360 g/mol. The molecule has 0 unspecified atom stereocenters. The molecule has 11 rings (SSSR count). The molecule has 0 radical (unpaired) electrons. The second-order valence-corrected chi connectivity index (χ2v) is 18.9. The van der Waals surface area contributed by atoms with Crippen LogP contribution in [0, 0.1) is 0 Å². The molecule has 0 saturated heterocycles. The molecular weight excluding hydrogens is 1180 g/mol. The Hall–Kier alpha value is -5.46. The maximum atomic E-state index is 2.20. The van der Waals surface area contributed by atoms with Crippen molar-refractivity contribution in [3.05, 3.63) is 234 Å². The van der Waals surface area contributed by atoms with Gasteiger partial charge in [-0.3, -0.25) is 0 Å². The van der Waals surface area contributed by atoms with Crippen LogP contribution in [-0.4, -0.2) is 0 Å². The highest BCUT2D eigenvalue weighted by Gasteiger charge is 2.01. The first kappa shape index (κ1) is 126. The lowest BCUT2D eigenvalue weighted by Crippen LogP contribution is -1.85. The van der Waals surface area contributed by atoms with Crippen molar-refractivity contribution >= 4 is 16.8 Å². The highest BCUT2D eigenvalue weighted by molar-refractivity contribution is 5.82. The van der Waals surface area contributed by atoms with E-state index in [0.717, 1.165) is 25.7 Å². The van der Waals surface area contributed by atoms with E-state index < -0.39 is 0 Å². The zero-order chi connectivity index (χ0) is 76.2. The van der Waals surface area contributed by atoms with Crippen molar-refractivity contribution in [1.29, 1.82) is 0 Å². The topological polar surface area (TPSA) is 0 Å². The lowest BCUT2D eigenvalue weighted by molar-refractivity contribution is 0.886. The van der Waals surface area contributed by atoms with Gasteiger partial charge >= 0.3 is 0 Å². The molecule has 0 bridgehead atoms. The van der Waals surface area contributed by atoms with Crippen LogP contribution < -0.4 is 0 Å². The third kappa shape index (κ3) is 102. The first-order chi connectivity index (χ1) is 47.5. The SMILES string of the molecule is C.C.C1=Cc2ccccc2C1.C1CCCC1.C1CCCC1.C1CCCC1.CC.CC.CC.CC.CC.CC.CC.CC.CC.CC.CC.CC.CCC.CCC.CCC.CCc1ccccc1.CCc1ccccc1.c1ccc(Cc2ccccc2)cc1.c1ccc2ccccc2c1. The molecule has 0 aliphatic heterocycles. The van der Waals surface area contributed by atoms with Gasteiger partial charge in [0, 0.05) is 0 Å². The van der Waals surface area contributed by atoms with Gasteiger partial charge in [0.1, 0.15) is 0 Å². The Labute approximate surface area is 624 Å². The fourth-order valence-electron chi connectivity index (χ4n) is 7.83. The van der Waals surface area contributed by atoms with Crippen molar-refractivity contribution in [3.63, 3.8) is 0 Å². The van der Waals surface area contributed by atoms with Crippen molar-refractivity contribution in [2.45, 2.75) is 378 Å². The normalized spacial score (nSPS) is 10.0. The predicted molar refractivity (Wildman–Crippen MR) is 477 cm³/mol. The molecule has 98 heavy (non-hydrogen) atoms. The van der Waals surface area contributed by atoms with Gasteiger partial charge in [-0.05, 0) is 69.8 Å². The molecule has 0 amide bonds. The Balaban J connectivity index is -0.0000000651. The van der Waals surface area contributed by atoms with Crippen LogP contribution in [-0.2, 0) is 25.7 Å². The Morgan fingerprint density at radius 2 is 0.388 bits per heavy atom. The summed E-state index contributed by atoms with van der Waals surface area (Å²) < 4.78 is 0. The molecule has 0 spiro atoms. The highest BCUT2D eigenvalue weighted by Crippen LogP contribution is 2.18. The van der Waals surface area contributed by atoms with E-state index in [4.69, 9.17) is 0 Å². The Morgan fingerprint density at radius 1 is 0.214 bits per heavy atom. The molecule has 7 aromatic rings. The molecule has 0 atom stereocenters. The third-order valence-corrected chi connectivity index (χ3v) is 11.7. The Morgan fingerprint density at radius 3 is 0.571 bits per heavy atom. The summed E-state index contributed by atoms with van der Waals surface area (Å²) in [6, 6.07) is 67.2.